The molecule has 1 saturated heterocycles. The van der Waals surface area contributed by atoms with Gasteiger partial charge in [-0.1, -0.05) is 0 Å². The summed E-state index contributed by atoms with van der Waals surface area (Å²) in [6.45, 7) is 0. The molecule has 1 heterocycles. The standard InChI is InChI=1S/C6H9N3O3/c7-3(10)1-6(8)2-4(11)9-5(6)12/h1-2,8H2,(H2,7,10)(H,9,11,12). The number of imide groups is 1. The zero-order chi connectivity index (χ0) is 9.35. The number of nitrogens with two attached hydrogens (primary N) is 2. The van der Waals surface area contributed by atoms with E-state index < -0.39 is 23.3 Å². The fourth-order valence-electron chi connectivity index (χ4n) is 1.12. The van der Waals surface area contributed by atoms with Gasteiger partial charge in [0.15, 0.2) is 0 Å². The van der Waals surface area contributed by atoms with Crippen LogP contribution in [-0.4, -0.2) is 23.3 Å². The number of hydrogen-bond acceptors (Lipinski definition) is 4. The highest BCUT2D eigenvalue weighted by atomic mass is 16.2. The summed E-state index contributed by atoms with van der Waals surface area (Å²) >= 11 is 0. The molecular weight excluding hydrogens is 162 g/mol. The van der Waals surface area contributed by atoms with Crippen LogP contribution < -0.4 is 16.8 Å². The van der Waals surface area contributed by atoms with E-state index in [-0.39, 0.29) is 12.8 Å². The number of primary amides is 1. The quantitative estimate of drug-likeness (QED) is 0.402. The largest absolute Gasteiger partial charge is 0.370 e. The number of amides is 3. The van der Waals surface area contributed by atoms with E-state index in [4.69, 9.17) is 11.5 Å². The Kier molecular flexibility index (Phi) is 1.85. The first-order chi connectivity index (χ1) is 5.44. The Bertz CT molecular complexity index is 263. The van der Waals surface area contributed by atoms with Crippen molar-refractivity contribution in [3.63, 3.8) is 0 Å². The molecule has 1 unspecified atom stereocenters. The fourth-order valence-corrected chi connectivity index (χ4v) is 1.12. The maximum atomic E-state index is 11.0. The van der Waals surface area contributed by atoms with Crippen LogP contribution in [0.2, 0.25) is 0 Å². The average molecular weight is 171 g/mol. The molecule has 0 aromatic heterocycles. The number of carbonyl (C=O) groups is 3. The van der Waals surface area contributed by atoms with Crippen molar-refractivity contribution in [1.29, 1.82) is 0 Å². The second kappa shape index (κ2) is 2.56. The average Bonchev–Trinajstić information content (AvgIpc) is 2.04. The van der Waals surface area contributed by atoms with E-state index in [1.165, 1.54) is 0 Å². The Morgan fingerprint density at radius 3 is 2.50 bits per heavy atom. The smallest absolute Gasteiger partial charge is 0.247 e. The zero-order valence-corrected chi connectivity index (χ0v) is 6.29. The van der Waals surface area contributed by atoms with Crippen LogP contribution in [0.3, 0.4) is 0 Å². The van der Waals surface area contributed by atoms with Gasteiger partial charge in [0.1, 0.15) is 5.54 Å². The topological polar surface area (TPSA) is 115 Å². The first kappa shape index (κ1) is 8.66. The Morgan fingerprint density at radius 2 is 2.17 bits per heavy atom. The monoisotopic (exact) mass is 171 g/mol. The number of nitrogens with one attached hydrogen (secondary N) is 1. The summed E-state index contributed by atoms with van der Waals surface area (Å²) < 4.78 is 0. The summed E-state index contributed by atoms with van der Waals surface area (Å²) in [4.78, 5) is 32.1. The molecule has 0 spiro atoms. The van der Waals surface area contributed by atoms with Gasteiger partial charge in [0.25, 0.3) is 0 Å². The Balaban J connectivity index is 2.77. The minimum Gasteiger partial charge on any atom is -0.370 e. The van der Waals surface area contributed by atoms with Gasteiger partial charge in [-0.3, -0.25) is 19.7 Å². The molecule has 3 amide bonds. The molecule has 1 atom stereocenters. The third-order valence-corrected chi connectivity index (χ3v) is 1.67. The van der Waals surface area contributed by atoms with Crippen LogP contribution in [0.25, 0.3) is 0 Å². The summed E-state index contributed by atoms with van der Waals surface area (Å²) in [6.07, 6.45) is -0.473. The van der Waals surface area contributed by atoms with Gasteiger partial charge in [-0.2, -0.15) is 0 Å². The molecule has 0 radical (unpaired) electrons. The molecule has 66 valence electrons. The van der Waals surface area contributed by atoms with Gasteiger partial charge in [0, 0.05) is 0 Å². The lowest BCUT2D eigenvalue weighted by molar-refractivity contribution is -0.129. The molecule has 1 fully saturated rings. The van der Waals surface area contributed by atoms with E-state index in [1.807, 2.05) is 5.32 Å². The van der Waals surface area contributed by atoms with Gasteiger partial charge >= 0.3 is 0 Å². The van der Waals surface area contributed by atoms with Crippen molar-refractivity contribution in [2.45, 2.75) is 18.4 Å². The molecule has 5 N–H and O–H groups in total. The van der Waals surface area contributed by atoms with Crippen LogP contribution in [0.1, 0.15) is 12.8 Å². The van der Waals surface area contributed by atoms with Crippen LogP contribution >= 0.6 is 0 Å². The first-order valence-corrected chi connectivity index (χ1v) is 3.35. The van der Waals surface area contributed by atoms with Crippen LogP contribution in [0.15, 0.2) is 0 Å². The van der Waals surface area contributed by atoms with Gasteiger partial charge in [-0.15, -0.1) is 0 Å². The van der Waals surface area contributed by atoms with E-state index in [2.05, 4.69) is 0 Å². The third-order valence-electron chi connectivity index (χ3n) is 1.67. The minimum atomic E-state index is -1.43. The third kappa shape index (κ3) is 1.42. The Hall–Kier alpha value is -1.43. The fraction of sp³-hybridized carbons (Fsp3) is 0.500. The van der Waals surface area contributed by atoms with E-state index in [0.29, 0.717) is 0 Å². The normalized spacial score (nSPS) is 28.8. The predicted octanol–water partition coefficient (Wildman–Crippen LogP) is -2.39. The van der Waals surface area contributed by atoms with Crippen molar-refractivity contribution >= 4 is 17.7 Å². The van der Waals surface area contributed by atoms with Gasteiger partial charge in [0.2, 0.25) is 17.7 Å². The van der Waals surface area contributed by atoms with Crippen molar-refractivity contribution in [3.8, 4) is 0 Å². The molecular formula is C6H9N3O3. The van der Waals surface area contributed by atoms with E-state index in [0.717, 1.165) is 0 Å². The van der Waals surface area contributed by atoms with Crippen molar-refractivity contribution in [2.24, 2.45) is 11.5 Å². The Labute approximate surface area is 68.3 Å². The summed E-state index contributed by atoms with van der Waals surface area (Å²) in [5.74, 6) is -1.79. The molecule has 0 saturated carbocycles. The summed E-state index contributed by atoms with van der Waals surface area (Å²) in [5.41, 5.74) is 8.89. The summed E-state index contributed by atoms with van der Waals surface area (Å²) in [7, 11) is 0. The van der Waals surface area contributed by atoms with Crippen molar-refractivity contribution < 1.29 is 14.4 Å². The molecule has 6 nitrogen and oxygen atoms in total. The maximum absolute atomic E-state index is 11.0. The molecule has 12 heavy (non-hydrogen) atoms. The predicted molar refractivity (Wildman–Crippen MR) is 38.5 cm³/mol. The van der Waals surface area contributed by atoms with E-state index >= 15 is 0 Å². The molecule has 0 bridgehead atoms. The summed E-state index contributed by atoms with van der Waals surface area (Å²) in [6, 6.07) is 0. The van der Waals surface area contributed by atoms with Gasteiger partial charge in [-0.05, 0) is 0 Å². The van der Waals surface area contributed by atoms with E-state index in [1.54, 1.807) is 0 Å². The molecule has 0 aliphatic carbocycles. The Morgan fingerprint density at radius 1 is 1.58 bits per heavy atom. The molecule has 1 aliphatic heterocycles. The van der Waals surface area contributed by atoms with Crippen LogP contribution in [0, 0.1) is 0 Å². The molecule has 1 rings (SSSR count). The van der Waals surface area contributed by atoms with Crippen molar-refractivity contribution in [1.82, 2.24) is 5.32 Å². The molecule has 1 aliphatic rings. The SMILES string of the molecule is NC(=O)CC1(N)CC(=O)NC1=O. The minimum absolute atomic E-state index is 0.172. The highest BCUT2D eigenvalue weighted by Gasteiger charge is 2.44. The highest BCUT2D eigenvalue weighted by molar-refractivity contribution is 6.09. The molecule has 0 aromatic rings. The van der Waals surface area contributed by atoms with Crippen molar-refractivity contribution in [3.05, 3.63) is 0 Å². The maximum Gasteiger partial charge on any atom is 0.247 e. The van der Waals surface area contributed by atoms with Crippen molar-refractivity contribution in [2.75, 3.05) is 0 Å². The van der Waals surface area contributed by atoms with Crippen LogP contribution in [0.5, 0.6) is 0 Å². The summed E-state index contributed by atoms with van der Waals surface area (Å²) in [5, 5.41) is 2.00. The second-order valence-electron chi connectivity index (χ2n) is 2.85. The lowest BCUT2D eigenvalue weighted by Crippen LogP contribution is -2.49. The van der Waals surface area contributed by atoms with Crippen LogP contribution in [0.4, 0.5) is 0 Å². The first-order valence-electron chi connectivity index (χ1n) is 3.35. The number of hydrogen-bond donors (Lipinski definition) is 3. The molecule has 0 aromatic carbocycles. The molecule has 6 heteroatoms. The number of rotatable bonds is 2. The van der Waals surface area contributed by atoms with Gasteiger partial charge in [-0.25, -0.2) is 0 Å². The zero-order valence-electron chi connectivity index (χ0n) is 6.29. The van der Waals surface area contributed by atoms with Crippen LogP contribution in [-0.2, 0) is 14.4 Å². The van der Waals surface area contributed by atoms with E-state index in [9.17, 15) is 14.4 Å². The lowest BCUT2D eigenvalue weighted by Gasteiger charge is -2.16. The van der Waals surface area contributed by atoms with Gasteiger partial charge < -0.3 is 11.5 Å². The second-order valence-corrected chi connectivity index (χ2v) is 2.85. The number of carbonyl (C=O) groups excluding carboxylic acids is 3. The lowest BCUT2D eigenvalue weighted by atomic mass is 9.94. The van der Waals surface area contributed by atoms with Gasteiger partial charge in [0.05, 0.1) is 12.8 Å². The highest BCUT2D eigenvalue weighted by Crippen LogP contribution is 2.17.